The van der Waals surface area contributed by atoms with Gasteiger partial charge in [0, 0.05) is 49.3 Å². The lowest BCUT2D eigenvalue weighted by atomic mass is 9.73. The van der Waals surface area contributed by atoms with Crippen molar-refractivity contribution in [2.24, 2.45) is 0 Å². The number of furan rings is 1. The predicted octanol–water partition coefficient (Wildman–Crippen LogP) is 15.8. The molecule has 0 spiro atoms. The number of rotatable bonds is 9. The molecule has 0 saturated heterocycles. The third-order valence-electron chi connectivity index (χ3n) is 13.1. The van der Waals surface area contributed by atoms with Gasteiger partial charge in [-0.3, -0.25) is 9.80 Å². The molecule has 3 aromatic heterocycles. The van der Waals surface area contributed by atoms with Crippen LogP contribution in [0.4, 0.5) is 28.7 Å². The van der Waals surface area contributed by atoms with Gasteiger partial charge in [-0.25, -0.2) is 9.97 Å². The van der Waals surface area contributed by atoms with Gasteiger partial charge in [-0.2, -0.15) is 0 Å². The second-order valence-corrected chi connectivity index (χ2v) is 21.0. The van der Waals surface area contributed by atoms with E-state index in [2.05, 4.69) is 204 Å². The number of alkyl halides is 1. The van der Waals surface area contributed by atoms with Gasteiger partial charge in [-0.15, -0.1) is 0 Å². The summed E-state index contributed by atoms with van der Waals surface area (Å²) in [7, 11) is 0. The van der Waals surface area contributed by atoms with Crippen LogP contribution in [0.2, 0.25) is 0 Å². The van der Waals surface area contributed by atoms with E-state index in [1.165, 1.54) is 39.1 Å². The first-order valence-electron chi connectivity index (χ1n) is 21.5. The van der Waals surface area contributed by atoms with E-state index in [1.54, 1.807) is 0 Å². The average molecular weight is 903 g/mol. The van der Waals surface area contributed by atoms with Crippen molar-refractivity contribution >= 4 is 73.2 Å². The van der Waals surface area contributed by atoms with Crippen molar-refractivity contribution in [2.45, 2.75) is 102 Å². The number of halogens is 1. The number of allylic oxidation sites excluding steroid dienone is 4. The van der Waals surface area contributed by atoms with Crippen LogP contribution in [0.3, 0.4) is 0 Å². The molecule has 0 radical (unpaired) electrons. The highest BCUT2D eigenvalue weighted by Gasteiger charge is 2.44. The standard InChI is InChI=1S/C54H55IN4O/c1-10-54(11-2)43-30-40(58(47-28-16-34(3)32-56-47)38-24-20-37(21-25-38)53(8,9)55)26-27-41(43)49-44(54)31-45(50-42-14-12-13-15-46(42)60-51(49)50)59(48-29-17-35(4)33-57-48)39-22-18-36(19-23-39)52(5,6)7/h12-20,22-24,26-33H,10-11,21,25H2,1-9H3. The third-order valence-corrected chi connectivity index (χ3v) is 13.8. The molecule has 0 aliphatic heterocycles. The lowest BCUT2D eigenvalue weighted by Crippen LogP contribution is -2.25. The number of nitrogens with zero attached hydrogens (tertiary/aromatic N) is 4. The van der Waals surface area contributed by atoms with Crippen LogP contribution in [0, 0.1) is 13.8 Å². The van der Waals surface area contributed by atoms with Gasteiger partial charge in [0.2, 0.25) is 0 Å². The molecule has 0 N–H and O–H groups in total. The van der Waals surface area contributed by atoms with Crippen LogP contribution in [-0.2, 0) is 10.8 Å². The molecule has 3 heterocycles. The van der Waals surface area contributed by atoms with Gasteiger partial charge in [0.15, 0.2) is 0 Å². The van der Waals surface area contributed by atoms with E-state index >= 15 is 0 Å². The van der Waals surface area contributed by atoms with Gasteiger partial charge >= 0.3 is 0 Å². The van der Waals surface area contributed by atoms with Crippen molar-refractivity contribution < 1.29 is 4.42 Å². The number of benzene rings is 4. The molecule has 0 saturated carbocycles. The third kappa shape index (κ3) is 6.75. The molecule has 0 atom stereocenters. The quantitative estimate of drug-likeness (QED) is 0.107. The second-order valence-electron chi connectivity index (χ2n) is 18.3. The second kappa shape index (κ2) is 15.1. The number of aryl methyl sites for hydroxylation is 2. The molecule has 7 aromatic rings. The Balaban J connectivity index is 1.30. The SMILES string of the molecule is CCC1(CC)c2cc(N(C3=CC=C(C(C)(C)I)CC3)c3ccc(C)cn3)ccc2-c2c1cc(N(c1ccc(C(C)(C)C)cc1)c1ccc(C)cn1)c1c2oc2ccccc21. The van der Waals surface area contributed by atoms with E-state index in [4.69, 9.17) is 14.4 Å². The summed E-state index contributed by atoms with van der Waals surface area (Å²) < 4.78 is 7.19. The molecule has 0 fully saturated rings. The van der Waals surface area contributed by atoms with Crippen molar-refractivity contribution in [2.75, 3.05) is 9.80 Å². The number of fused-ring (bicyclic) bond motifs is 7. The summed E-state index contributed by atoms with van der Waals surface area (Å²) in [4.78, 5) is 14.8. The van der Waals surface area contributed by atoms with Crippen molar-refractivity contribution in [3.05, 3.63) is 161 Å². The summed E-state index contributed by atoms with van der Waals surface area (Å²) in [6.45, 7) is 20.3. The van der Waals surface area contributed by atoms with Crippen molar-refractivity contribution in [3.8, 4) is 11.1 Å². The van der Waals surface area contributed by atoms with Gasteiger partial charge in [0.1, 0.15) is 22.8 Å². The van der Waals surface area contributed by atoms with E-state index < -0.39 is 0 Å². The summed E-state index contributed by atoms with van der Waals surface area (Å²) >= 11 is 2.57. The highest BCUT2D eigenvalue weighted by Crippen LogP contribution is 2.59. The van der Waals surface area contributed by atoms with E-state index in [0.29, 0.717) is 0 Å². The summed E-state index contributed by atoms with van der Waals surface area (Å²) in [5, 5.41) is 2.20. The highest BCUT2D eigenvalue weighted by molar-refractivity contribution is 14.1. The summed E-state index contributed by atoms with van der Waals surface area (Å²) in [5.41, 5.74) is 16.2. The Kier molecular flexibility index (Phi) is 10.1. The molecule has 60 heavy (non-hydrogen) atoms. The fourth-order valence-corrected chi connectivity index (χ4v) is 10.0. The van der Waals surface area contributed by atoms with Crippen molar-refractivity contribution in [1.82, 2.24) is 9.97 Å². The van der Waals surface area contributed by atoms with Crippen LogP contribution in [-0.4, -0.2) is 13.4 Å². The Morgan fingerprint density at radius 2 is 1.35 bits per heavy atom. The van der Waals surface area contributed by atoms with E-state index in [-0.39, 0.29) is 14.3 Å². The lowest BCUT2D eigenvalue weighted by molar-refractivity contribution is 0.490. The van der Waals surface area contributed by atoms with Gasteiger partial charge in [0.25, 0.3) is 0 Å². The van der Waals surface area contributed by atoms with Crippen LogP contribution in [0.1, 0.15) is 102 Å². The maximum atomic E-state index is 7.09. The fourth-order valence-electron chi connectivity index (χ4n) is 9.59. The number of pyridine rings is 2. The molecule has 5 nitrogen and oxygen atoms in total. The minimum Gasteiger partial charge on any atom is -0.455 e. The van der Waals surface area contributed by atoms with Crippen LogP contribution in [0.25, 0.3) is 33.1 Å². The summed E-state index contributed by atoms with van der Waals surface area (Å²) in [6.07, 6.45) is 12.4. The van der Waals surface area contributed by atoms with Gasteiger partial charge in [-0.05, 0) is 147 Å². The van der Waals surface area contributed by atoms with Gasteiger partial charge in [-0.1, -0.05) is 117 Å². The topological polar surface area (TPSA) is 45.4 Å². The molecular weight excluding hydrogens is 848 g/mol. The molecule has 0 bridgehead atoms. The zero-order chi connectivity index (χ0) is 42.1. The Morgan fingerprint density at radius 3 is 1.93 bits per heavy atom. The Labute approximate surface area is 369 Å². The molecule has 2 aliphatic rings. The molecule has 0 unspecified atom stereocenters. The Bertz CT molecular complexity index is 2810. The van der Waals surface area contributed by atoms with Crippen LogP contribution in [0.5, 0.6) is 0 Å². The van der Waals surface area contributed by atoms with Gasteiger partial charge in [0.05, 0.1) is 11.1 Å². The van der Waals surface area contributed by atoms with Crippen molar-refractivity contribution in [3.63, 3.8) is 0 Å². The minimum atomic E-state index is -0.267. The smallest absolute Gasteiger partial charge is 0.145 e. The number of anilines is 5. The fraction of sp³-hybridized carbons (Fsp3) is 0.296. The minimum absolute atomic E-state index is 0.0317. The largest absolute Gasteiger partial charge is 0.455 e. The number of aromatic nitrogens is 2. The first kappa shape index (κ1) is 40.2. The van der Waals surface area contributed by atoms with Crippen LogP contribution < -0.4 is 9.80 Å². The van der Waals surface area contributed by atoms with E-state index in [0.717, 1.165) is 87.4 Å². The molecule has 4 aromatic carbocycles. The summed E-state index contributed by atoms with van der Waals surface area (Å²) in [6, 6.07) is 35.8. The zero-order valence-electron chi connectivity index (χ0n) is 36.5. The molecule has 9 rings (SSSR count). The van der Waals surface area contributed by atoms with Crippen LogP contribution >= 0.6 is 22.6 Å². The summed E-state index contributed by atoms with van der Waals surface area (Å²) in [5.74, 6) is 1.81. The normalized spacial score (nSPS) is 14.8. The van der Waals surface area contributed by atoms with Crippen molar-refractivity contribution in [1.29, 1.82) is 0 Å². The molecular formula is C54H55IN4O. The molecule has 2 aliphatic carbocycles. The maximum Gasteiger partial charge on any atom is 0.145 e. The number of hydrogen-bond acceptors (Lipinski definition) is 5. The molecule has 6 heteroatoms. The molecule has 0 amide bonds. The van der Waals surface area contributed by atoms with Crippen LogP contribution in [0.15, 0.2) is 137 Å². The van der Waals surface area contributed by atoms with E-state index in [9.17, 15) is 0 Å². The molecule has 304 valence electrons. The Morgan fingerprint density at radius 1 is 0.700 bits per heavy atom. The number of hydrogen-bond donors (Lipinski definition) is 0. The first-order chi connectivity index (χ1) is 28.7. The average Bonchev–Trinajstić information content (AvgIpc) is 3.76. The zero-order valence-corrected chi connectivity index (χ0v) is 38.6. The highest BCUT2D eigenvalue weighted by atomic mass is 127. The lowest BCUT2D eigenvalue weighted by Gasteiger charge is -2.34. The van der Waals surface area contributed by atoms with E-state index in [1.807, 2.05) is 12.4 Å². The maximum absolute atomic E-state index is 7.09. The number of para-hydroxylation sites is 1. The first-order valence-corrected chi connectivity index (χ1v) is 22.6. The van der Waals surface area contributed by atoms with Gasteiger partial charge < -0.3 is 4.42 Å². The predicted molar refractivity (Wildman–Crippen MR) is 261 cm³/mol. The monoisotopic (exact) mass is 902 g/mol. The Hall–Kier alpha value is -5.21.